The van der Waals surface area contributed by atoms with Crippen LogP contribution in [0.1, 0.15) is 46.4 Å². The zero-order valence-electron chi connectivity index (χ0n) is 16.3. The quantitative estimate of drug-likeness (QED) is 0.691. The van der Waals surface area contributed by atoms with Crippen LogP contribution in [-0.4, -0.2) is 21.8 Å². The number of hydrogen-bond donors (Lipinski definition) is 2. The van der Waals surface area contributed by atoms with Gasteiger partial charge in [-0.1, -0.05) is 41.5 Å². The Balaban J connectivity index is 2.08. The van der Waals surface area contributed by atoms with E-state index in [0.29, 0.717) is 5.75 Å². The van der Waals surface area contributed by atoms with Crippen LogP contribution in [0.2, 0.25) is 0 Å². The van der Waals surface area contributed by atoms with Gasteiger partial charge in [-0.25, -0.2) is 0 Å². The Morgan fingerprint density at radius 1 is 1.15 bits per heavy atom. The number of nitrogens with one attached hydrogen (secondary N) is 1. The Labute approximate surface area is 164 Å². The molecule has 4 nitrogen and oxygen atoms in total. The second-order valence-corrected chi connectivity index (χ2v) is 10.4. The van der Waals surface area contributed by atoms with E-state index in [1.807, 2.05) is 65.8 Å². The molecule has 1 heterocycles. The third-order valence-electron chi connectivity index (χ3n) is 4.32. The first-order valence-electron chi connectivity index (χ1n) is 8.59. The van der Waals surface area contributed by atoms with E-state index in [9.17, 15) is 9.90 Å². The summed E-state index contributed by atoms with van der Waals surface area (Å²) in [6, 6.07) is 7.74. The normalized spacial score (nSPS) is 14.7. The van der Waals surface area contributed by atoms with E-state index >= 15 is 0 Å². The third-order valence-corrected chi connectivity index (χ3v) is 6.41. The maximum absolute atomic E-state index is 12.1. The van der Waals surface area contributed by atoms with E-state index in [4.69, 9.17) is 0 Å². The molecule has 0 saturated carbocycles. The lowest BCUT2D eigenvalue weighted by Crippen LogP contribution is -2.41. The van der Waals surface area contributed by atoms with Crippen molar-refractivity contribution >= 4 is 34.7 Å². The molecule has 0 aliphatic rings. The summed E-state index contributed by atoms with van der Waals surface area (Å²) in [7, 11) is 0. The van der Waals surface area contributed by atoms with Crippen LogP contribution in [0.4, 0.5) is 5.69 Å². The van der Waals surface area contributed by atoms with Crippen molar-refractivity contribution in [3.8, 4) is 0 Å². The van der Waals surface area contributed by atoms with E-state index in [0.717, 1.165) is 15.5 Å². The predicted molar refractivity (Wildman–Crippen MR) is 111 cm³/mol. The minimum Gasteiger partial charge on any atom is -0.383 e. The van der Waals surface area contributed by atoms with E-state index in [1.54, 1.807) is 23.5 Å². The number of hydrogen-bond acceptors (Lipinski definition) is 5. The number of aliphatic hydroxyl groups is 1. The molecule has 0 saturated heterocycles. The fourth-order valence-corrected chi connectivity index (χ4v) is 4.53. The van der Waals surface area contributed by atoms with Gasteiger partial charge in [0.25, 0.3) is 0 Å². The number of benzene rings is 1. The first-order chi connectivity index (χ1) is 11.9. The molecule has 2 N–H and O–H groups in total. The number of rotatable bonds is 5. The summed E-state index contributed by atoms with van der Waals surface area (Å²) < 4.78 is 0. The van der Waals surface area contributed by atoms with E-state index in [2.05, 4.69) is 10.3 Å². The Morgan fingerprint density at radius 3 is 2.23 bits per heavy atom. The molecule has 0 radical (unpaired) electrons. The second-order valence-electron chi connectivity index (χ2n) is 8.49. The average molecular weight is 393 g/mol. The molecule has 0 fully saturated rings. The van der Waals surface area contributed by atoms with Crippen molar-refractivity contribution in [2.24, 2.45) is 10.8 Å². The van der Waals surface area contributed by atoms with Crippen LogP contribution < -0.4 is 5.32 Å². The van der Waals surface area contributed by atoms with E-state index in [-0.39, 0.29) is 11.3 Å². The van der Waals surface area contributed by atoms with Crippen molar-refractivity contribution in [1.82, 2.24) is 4.98 Å². The summed E-state index contributed by atoms with van der Waals surface area (Å²) in [4.78, 5) is 18.1. The number of anilines is 1. The molecule has 2 aromatic rings. The highest BCUT2D eigenvalue weighted by Gasteiger charge is 2.42. The maximum Gasteiger partial charge on any atom is 0.229 e. The van der Waals surface area contributed by atoms with Crippen molar-refractivity contribution in [2.75, 3.05) is 11.1 Å². The van der Waals surface area contributed by atoms with Crippen molar-refractivity contribution in [3.63, 3.8) is 0 Å². The summed E-state index contributed by atoms with van der Waals surface area (Å²) >= 11 is 3.08. The van der Waals surface area contributed by atoms with Gasteiger partial charge < -0.3 is 10.4 Å². The van der Waals surface area contributed by atoms with Gasteiger partial charge in [0.15, 0.2) is 0 Å². The minimum absolute atomic E-state index is 0.00907. The molecule has 26 heavy (non-hydrogen) atoms. The fraction of sp³-hybridized carbons (Fsp3) is 0.500. The molecular formula is C20H28N2O2S2. The monoisotopic (exact) mass is 392 g/mol. The number of thiazole rings is 1. The first kappa shape index (κ1) is 20.9. The Morgan fingerprint density at radius 2 is 1.77 bits per heavy atom. The molecule has 1 amide bonds. The van der Waals surface area contributed by atoms with Crippen LogP contribution in [-0.2, 0) is 10.4 Å². The second kappa shape index (κ2) is 7.71. The smallest absolute Gasteiger partial charge is 0.229 e. The average Bonchev–Trinajstić information content (AvgIpc) is 3.06. The van der Waals surface area contributed by atoms with Crippen LogP contribution in [0.3, 0.4) is 0 Å². The maximum atomic E-state index is 12.1. The SMILES string of the molecule is CC(C)(C)C(=O)Nc1ccc(SCC(O)(c2cncs2)C(C)(C)C)cc1. The molecule has 1 aromatic carbocycles. The zero-order valence-corrected chi connectivity index (χ0v) is 17.9. The molecule has 0 aliphatic heterocycles. The molecule has 1 atom stereocenters. The fourth-order valence-electron chi connectivity index (χ4n) is 2.22. The number of aromatic nitrogens is 1. The first-order valence-corrected chi connectivity index (χ1v) is 10.5. The van der Waals surface area contributed by atoms with E-state index < -0.39 is 11.0 Å². The van der Waals surface area contributed by atoms with Crippen LogP contribution >= 0.6 is 23.1 Å². The number of thioether (sulfide) groups is 1. The van der Waals surface area contributed by atoms with Crippen molar-refractivity contribution in [3.05, 3.63) is 40.8 Å². The van der Waals surface area contributed by atoms with Gasteiger partial charge in [0.1, 0.15) is 5.60 Å². The van der Waals surface area contributed by atoms with Crippen LogP contribution in [0.15, 0.2) is 40.9 Å². The van der Waals surface area contributed by atoms with E-state index in [1.165, 1.54) is 11.3 Å². The van der Waals surface area contributed by atoms with Crippen LogP contribution in [0.5, 0.6) is 0 Å². The van der Waals surface area contributed by atoms with Gasteiger partial charge in [-0.2, -0.15) is 0 Å². The Hall–Kier alpha value is -1.37. The molecular weight excluding hydrogens is 364 g/mol. The molecule has 0 aliphatic carbocycles. The third kappa shape index (κ3) is 4.87. The predicted octanol–water partition coefficient (Wildman–Crippen LogP) is 5.15. The highest BCUT2D eigenvalue weighted by Crippen LogP contribution is 2.44. The summed E-state index contributed by atoms with van der Waals surface area (Å²) in [6.45, 7) is 11.8. The summed E-state index contributed by atoms with van der Waals surface area (Å²) in [5.41, 5.74) is 0.836. The molecule has 6 heteroatoms. The van der Waals surface area contributed by atoms with Gasteiger partial charge >= 0.3 is 0 Å². The number of carbonyl (C=O) groups is 1. The molecule has 1 unspecified atom stereocenters. The largest absolute Gasteiger partial charge is 0.383 e. The van der Waals surface area contributed by atoms with Crippen LogP contribution in [0.25, 0.3) is 0 Å². The Kier molecular flexibility index (Phi) is 6.20. The summed E-state index contributed by atoms with van der Waals surface area (Å²) in [5.74, 6) is 0.525. The standard InChI is InChI=1S/C20H28N2O2S2/c1-18(2,3)17(23)22-14-7-9-15(10-8-14)25-12-20(24,19(4,5)6)16-11-21-13-26-16/h7-11,13,24H,12H2,1-6H3,(H,22,23). The van der Waals surface area contributed by atoms with Gasteiger partial charge in [-0.05, 0) is 29.7 Å². The lowest BCUT2D eigenvalue weighted by atomic mass is 9.77. The van der Waals surface area contributed by atoms with Crippen molar-refractivity contribution in [2.45, 2.75) is 52.0 Å². The zero-order chi connectivity index (χ0) is 19.6. The summed E-state index contributed by atoms with van der Waals surface area (Å²) in [5, 5.41) is 14.2. The Bertz CT molecular complexity index is 729. The van der Waals surface area contributed by atoms with Gasteiger partial charge in [-0.15, -0.1) is 23.1 Å². The molecule has 0 spiro atoms. The molecule has 142 valence electrons. The molecule has 1 aromatic heterocycles. The number of carbonyl (C=O) groups excluding carboxylic acids is 1. The van der Waals surface area contributed by atoms with Gasteiger partial charge in [0.2, 0.25) is 5.91 Å². The lowest BCUT2D eigenvalue weighted by Gasteiger charge is -2.39. The molecule has 0 bridgehead atoms. The minimum atomic E-state index is -0.960. The highest BCUT2D eigenvalue weighted by molar-refractivity contribution is 7.99. The lowest BCUT2D eigenvalue weighted by molar-refractivity contribution is -0.123. The van der Waals surface area contributed by atoms with Gasteiger partial charge in [0.05, 0.1) is 10.4 Å². The topological polar surface area (TPSA) is 62.2 Å². The molecule has 2 rings (SSSR count). The summed E-state index contributed by atoms with van der Waals surface area (Å²) in [6.07, 6.45) is 1.75. The van der Waals surface area contributed by atoms with Gasteiger partial charge in [-0.3, -0.25) is 9.78 Å². The highest BCUT2D eigenvalue weighted by atomic mass is 32.2. The van der Waals surface area contributed by atoms with Crippen LogP contribution in [0, 0.1) is 10.8 Å². The van der Waals surface area contributed by atoms with Crippen molar-refractivity contribution in [1.29, 1.82) is 0 Å². The van der Waals surface area contributed by atoms with Crippen molar-refractivity contribution < 1.29 is 9.90 Å². The number of nitrogens with zero attached hydrogens (tertiary/aromatic N) is 1. The van der Waals surface area contributed by atoms with Gasteiger partial charge in [0, 0.05) is 27.9 Å². The number of amides is 1.